The molecule has 1 aromatic heterocycles. The van der Waals surface area contributed by atoms with E-state index in [0.717, 1.165) is 5.56 Å². The zero-order valence-corrected chi connectivity index (χ0v) is 6.67. The van der Waals surface area contributed by atoms with Gasteiger partial charge in [0.2, 0.25) is 0 Å². The first-order valence-electron chi connectivity index (χ1n) is 2.69. The van der Waals surface area contributed by atoms with Crippen LogP contribution in [-0.4, -0.2) is 9.97 Å². The van der Waals surface area contributed by atoms with Gasteiger partial charge in [0.05, 0.1) is 0 Å². The van der Waals surface area contributed by atoms with Crippen molar-refractivity contribution in [2.45, 2.75) is 11.8 Å². The predicted molar refractivity (Wildman–Crippen MR) is 39.4 cm³/mol. The van der Waals surface area contributed by atoms with E-state index < -0.39 is 0 Å². The second-order valence-corrected chi connectivity index (χ2v) is 3.16. The zero-order valence-electron chi connectivity index (χ0n) is 5.08. The van der Waals surface area contributed by atoms with Crippen LogP contribution >= 0.6 is 15.9 Å². The minimum atomic E-state index is 0.346. The Morgan fingerprint density at radius 2 is 2.00 bits per heavy atom. The van der Waals surface area contributed by atoms with E-state index in [1.807, 2.05) is 6.92 Å². The van der Waals surface area contributed by atoms with Crippen LogP contribution in [0, 0.1) is 0 Å². The van der Waals surface area contributed by atoms with Crippen molar-refractivity contribution in [3.05, 3.63) is 24.3 Å². The van der Waals surface area contributed by atoms with Crippen molar-refractivity contribution in [1.82, 2.24) is 9.97 Å². The van der Waals surface area contributed by atoms with Crippen molar-refractivity contribution in [3.8, 4) is 0 Å². The van der Waals surface area contributed by atoms with Gasteiger partial charge in [-0.2, -0.15) is 0 Å². The van der Waals surface area contributed by atoms with Crippen molar-refractivity contribution in [2.75, 3.05) is 0 Å². The molecule has 0 saturated carbocycles. The minimum absolute atomic E-state index is 0.346. The highest BCUT2D eigenvalue weighted by Gasteiger charge is 1.97. The lowest BCUT2D eigenvalue weighted by Gasteiger charge is -1.98. The number of nitrogens with zero attached hydrogens (tertiary/aromatic N) is 2. The van der Waals surface area contributed by atoms with Crippen molar-refractivity contribution < 1.29 is 0 Å². The number of alkyl halides is 1. The molecule has 48 valence electrons. The van der Waals surface area contributed by atoms with Gasteiger partial charge in [-0.25, -0.2) is 9.97 Å². The monoisotopic (exact) mass is 186 g/mol. The molecule has 9 heavy (non-hydrogen) atoms. The molecule has 0 radical (unpaired) electrons. The highest BCUT2D eigenvalue weighted by atomic mass is 79.9. The van der Waals surface area contributed by atoms with Gasteiger partial charge in [0, 0.05) is 22.8 Å². The van der Waals surface area contributed by atoms with E-state index in [4.69, 9.17) is 0 Å². The molecule has 0 spiro atoms. The summed E-state index contributed by atoms with van der Waals surface area (Å²) < 4.78 is 0. The van der Waals surface area contributed by atoms with Gasteiger partial charge in [-0.15, -0.1) is 0 Å². The topological polar surface area (TPSA) is 25.8 Å². The predicted octanol–water partition coefficient (Wildman–Crippen LogP) is 1.93. The molecule has 1 atom stereocenters. The maximum absolute atomic E-state index is 3.86. The zero-order chi connectivity index (χ0) is 6.69. The molecule has 0 aliphatic rings. The third-order valence-corrected chi connectivity index (χ3v) is 1.57. The van der Waals surface area contributed by atoms with Crippen LogP contribution in [0.5, 0.6) is 0 Å². The van der Waals surface area contributed by atoms with Crippen LogP contribution in [0.25, 0.3) is 0 Å². The molecule has 1 unspecified atom stereocenters. The van der Waals surface area contributed by atoms with Gasteiger partial charge in [-0.05, 0) is 6.92 Å². The molecule has 0 aliphatic carbocycles. The average Bonchev–Trinajstić information content (AvgIpc) is 1.90. The molecule has 0 bridgehead atoms. The summed E-state index contributed by atoms with van der Waals surface area (Å²) in [5.74, 6) is 0. The lowest BCUT2D eigenvalue weighted by molar-refractivity contribution is 1.04. The number of hydrogen-bond donors (Lipinski definition) is 0. The summed E-state index contributed by atoms with van der Waals surface area (Å²) in [6, 6.07) is 0. The maximum Gasteiger partial charge on any atom is 0.115 e. The fraction of sp³-hybridized carbons (Fsp3) is 0.333. The summed E-state index contributed by atoms with van der Waals surface area (Å²) >= 11 is 3.40. The van der Waals surface area contributed by atoms with Crippen molar-refractivity contribution in [3.63, 3.8) is 0 Å². The number of hydrogen-bond acceptors (Lipinski definition) is 2. The molecule has 1 heterocycles. The van der Waals surface area contributed by atoms with Crippen LogP contribution in [-0.2, 0) is 0 Å². The summed E-state index contributed by atoms with van der Waals surface area (Å²) in [6.45, 7) is 2.04. The normalized spacial score (nSPS) is 13.1. The van der Waals surface area contributed by atoms with Gasteiger partial charge >= 0.3 is 0 Å². The summed E-state index contributed by atoms with van der Waals surface area (Å²) in [5.41, 5.74) is 1.11. The van der Waals surface area contributed by atoms with Crippen molar-refractivity contribution in [1.29, 1.82) is 0 Å². The maximum atomic E-state index is 3.86. The second kappa shape index (κ2) is 2.92. The van der Waals surface area contributed by atoms with Gasteiger partial charge in [-0.3, -0.25) is 0 Å². The van der Waals surface area contributed by atoms with Crippen LogP contribution in [0.2, 0.25) is 0 Å². The van der Waals surface area contributed by atoms with E-state index >= 15 is 0 Å². The van der Waals surface area contributed by atoms with Gasteiger partial charge in [0.15, 0.2) is 0 Å². The van der Waals surface area contributed by atoms with E-state index in [0.29, 0.717) is 4.83 Å². The first kappa shape index (κ1) is 6.68. The van der Waals surface area contributed by atoms with Crippen LogP contribution in [0.15, 0.2) is 18.7 Å². The minimum Gasteiger partial charge on any atom is -0.245 e. The van der Waals surface area contributed by atoms with E-state index in [2.05, 4.69) is 25.9 Å². The standard InChI is InChI=1S/C6H7BrN2/c1-5(7)6-2-8-4-9-3-6/h2-5H,1H3. The third kappa shape index (κ3) is 1.75. The lowest BCUT2D eigenvalue weighted by atomic mass is 10.3. The quantitative estimate of drug-likeness (QED) is 0.627. The second-order valence-electron chi connectivity index (χ2n) is 1.79. The highest BCUT2D eigenvalue weighted by Crippen LogP contribution is 2.18. The fourth-order valence-corrected chi connectivity index (χ4v) is 0.752. The van der Waals surface area contributed by atoms with Gasteiger partial charge in [-0.1, -0.05) is 15.9 Å². The fourth-order valence-electron chi connectivity index (χ4n) is 0.516. The molecule has 3 heteroatoms. The SMILES string of the molecule is CC(Br)c1cncnc1. The number of halogens is 1. The molecule has 1 aromatic rings. The largest absolute Gasteiger partial charge is 0.245 e. The van der Waals surface area contributed by atoms with E-state index in [1.165, 1.54) is 6.33 Å². The molecule has 0 N–H and O–H groups in total. The Morgan fingerprint density at radius 3 is 2.33 bits per heavy atom. The molecular weight excluding hydrogens is 180 g/mol. The van der Waals surface area contributed by atoms with Gasteiger partial charge in [0.25, 0.3) is 0 Å². The molecule has 0 amide bonds. The molecule has 2 nitrogen and oxygen atoms in total. The summed E-state index contributed by atoms with van der Waals surface area (Å²) in [6.07, 6.45) is 5.12. The first-order valence-corrected chi connectivity index (χ1v) is 3.61. The van der Waals surface area contributed by atoms with Crippen molar-refractivity contribution >= 4 is 15.9 Å². The van der Waals surface area contributed by atoms with E-state index in [9.17, 15) is 0 Å². The Kier molecular flexibility index (Phi) is 2.16. The molecule has 0 fully saturated rings. The Morgan fingerprint density at radius 1 is 1.44 bits per heavy atom. The molecule has 1 rings (SSSR count). The highest BCUT2D eigenvalue weighted by molar-refractivity contribution is 9.09. The third-order valence-electron chi connectivity index (χ3n) is 1.04. The number of aromatic nitrogens is 2. The van der Waals surface area contributed by atoms with Gasteiger partial charge < -0.3 is 0 Å². The summed E-state index contributed by atoms with van der Waals surface area (Å²) in [5, 5.41) is 0. The Balaban J connectivity index is 2.85. The lowest BCUT2D eigenvalue weighted by Crippen LogP contribution is -1.85. The van der Waals surface area contributed by atoms with Crippen LogP contribution < -0.4 is 0 Å². The molecule has 0 aromatic carbocycles. The molecule has 0 aliphatic heterocycles. The van der Waals surface area contributed by atoms with E-state index in [1.54, 1.807) is 12.4 Å². The first-order chi connectivity index (χ1) is 4.30. The summed E-state index contributed by atoms with van der Waals surface area (Å²) in [7, 11) is 0. The molecular formula is C6H7BrN2. The smallest absolute Gasteiger partial charge is 0.115 e. The van der Waals surface area contributed by atoms with Crippen LogP contribution in [0.1, 0.15) is 17.3 Å². The Labute approximate surface area is 62.5 Å². The Hall–Kier alpha value is -0.440. The summed E-state index contributed by atoms with van der Waals surface area (Å²) in [4.78, 5) is 8.08. The Bertz CT molecular complexity index is 174. The van der Waals surface area contributed by atoms with Crippen LogP contribution in [0.3, 0.4) is 0 Å². The van der Waals surface area contributed by atoms with Gasteiger partial charge in [0.1, 0.15) is 6.33 Å². The molecule has 0 saturated heterocycles. The number of rotatable bonds is 1. The van der Waals surface area contributed by atoms with E-state index in [-0.39, 0.29) is 0 Å². The van der Waals surface area contributed by atoms with Crippen LogP contribution in [0.4, 0.5) is 0 Å². The average molecular weight is 187 g/mol. The van der Waals surface area contributed by atoms with Crippen molar-refractivity contribution in [2.24, 2.45) is 0 Å².